The number of nitrogens with zero attached hydrogens (tertiary/aromatic N) is 2. The molecule has 2 heterocycles. The van der Waals surface area contributed by atoms with Crippen molar-refractivity contribution in [1.29, 1.82) is 0 Å². The summed E-state index contributed by atoms with van der Waals surface area (Å²) in [6.07, 6.45) is 3.79. The van der Waals surface area contributed by atoms with E-state index >= 15 is 0 Å². The van der Waals surface area contributed by atoms with E-state index in [2.05, 4.69) is 28.4 Å². The number of hydrogen-bond acceptors (Lipinski definition) is 3. The summed E-state index contributed by atoms with van der Waals surface area (Å²) < 4.78 is 7.89. The molecule has 0 aliphatic carbocycles. The molecule has 0 aromatic carbocycles. The largest absolute Gasteiger partial charge is 0.481 e. The molecule has 5 heteroatoms. The molecule has 0 saturated heterocycles. The van der Waals surface area contributed by atoms with Crippen molar-refractivity contribution >= 4 is 12.2 Å². The minimum atomic E-state index is 0.434. The first-order valence-corrected chi connectivity index (χ1v) is 6.29. The molecule has 0 radical (unpaired) electrons. The molecule has 0 saturated carbocycles. The summed E-state index contributed by atoms with van der Waals surface area (Å²) in [5.41, 5.74) is 2.31. The van der Waals surface area contributed by atoms with E-state index in [1.54, 1.807) is 7.11 Å². The second-order valence-electron chi connectivity index (χ2n) is 4.47. The van der Waals surface area contributed by atoms with Crippen LogP contribution in [0.2, 0.25) is 0 Å². The minimum absolute atomic E-state index is 0.434. The molecule has 0 fully saturated rings. The molecule has 0 aliphatic heterocycles. The summed E-state index contributed by atoms with van der Waals surface area (Å²) in [6, 6.07) is 3.87. The number of methoxy groups -OCH3 is 1. The van der Waals surface area contributed by atoms with E-state index in [9.17, 15) is 0 Å². The molecule has 2 aromatic rings. The van der Waals surface area contributed by atoms with Gasteiger partial charge in [-0.05, 0) is 23.7 Å². The van der Waals surface area contributed by atoms with Crippen molar-refractivity contribution in [3.8, 4) is 5.88 Å². The van der Waals surface area contributed by atoms with Crippen molar-refractivity contribution in [1.82, 2.24) is 14.5 Å². The average molecular weight is 263 g/mol. The molecule has 18 heavy (non-hydrogen) atoms. The van der Waals surface area contributed by atoms with Gasteiger partial charge in [-0.25, -0.2) is 4.98 Å². The maximum Gasteiger partial charge on any atom is 0.212 e. The highest BCUT2D eigenvalue weighted by atomic mass is 32.1. The Labute approximate surface area is 112 Å². The molecule has 4 nitrogen and oxygen atoms in total. The van der Waals surface area contributed by atoms with Crippen LogP contribution < -0.4 is 4.74 Å². The highest BCUT2D eigenvalue weighted by Gasteiger charge is 2.08. The fourth-order valence-corrected chi connectivity index (χ4v) is 2.09. The highest BCUT2D eigenvalue weighted by molar-refractivity contribution is 7.71. The molecule has 0 unspecified atom stereocenters. The highest BCUT2D eigenvalue weighted by Crippen LogP contribution is 2.16. The van der Waals surface area contributed by atoms with Gasteiger partial charge in [-0.1, -0.05) is 19.9 Å². The zero-order chi connectivity index (χ0) is 13.1. The Bertz CT molecular complexity index is 569. The standard InChI is InChI=1S/C13H17N3OS/c1-9(2)11-7-15-13(18)16(11)8-10-4-5-12(17-3)14-6-10/h4-7,9H,8H2,1-3H3,(H,15,18). The van der Waals surface area contributed by atoms with E-state index in [1.165, 1.54) is 5.69 Å². The second-order valence-corrected chi connectivity index (χ2v) is 4.86. The number of nitrogens with one attached hydrogen (secondary N) is 1. The third kappa shape index (κ3) is 2.61. The van der Waals surface area contributed by atoms with E-state index < -0.39 is 0 Å². The van der Waals surface area contributed by atoms with Crippen LogP contribution in [0.3, 0.4) is 0 Å². The number of ether oxygens (including phenoxy) is 1. The Morgan fingerprint density at radius 3 is 2.78 bits per heavy atom. The van der Waals surface area contributed by atoms with Crippen LogP contribution in [0.15, 0.2) is 24.5 Å². The van der Waals surface area contributed by atoms with Crippen LogP contribution in [0.5, 0.6) is 5.88 Å². The Morgan fingerprint density at radius 1 is 1.44 bits per heavy atom. The lowest BCUT2D eigenvalue weighted by molar-refractivity contribution is 0.397. The Balaban J connectivity index is 2.27. The number of pyridine rings is 1. The number of aromatic nitrogens is 3. The summed E-state index contributed by atoms with van der Waals surface area (Å²) in [5, 5.41) is 0. The average Bonchev–Trinajstić information content (AvgIpc) is 2.72. The van der Waals surface area contributed by atoms with Crippen LogP contribution >= 0.6 is 12.2 Å². The van der Waals surface area contributed by atoms with E-state index in [-0.39, 0.29) is 0 Å². The fraction of sp³-hybridized carbons (Fsp3) is 0.385. The normalized spacial score (nSPS) is 10.9. The van der Waals surface area contributed by atoms with Crippen LogP contribution in [0.25, 0.3) is 0 Å². The van der Waals surface area contributed by atoms with Crippen molar-refractivity contribution in [2.24, 2.45) is 0 Å². The van der Waals surface area contributed by atoms with Crippen molar-refractivity contribution in [3.05, 3.63) is 40.6 Å². The molecule has 0 atom stereocenters. The number of imidazole rings is 1. The molecule has 1 N–H and O–H groups in total. The van der Waals surface area contributed by atoms with Crippen LogP contribution in [-0.4, -0.2) is 21.6 Å². The third-order valence-electron chi connectivity index (χ3n) is 2.84. The SMILES string of the molecule is COc1ccc(Cn2c(C(C)C)c[nH]c2=S)cn1. The van der Waals surface area contributed by atoms with Gasteiger partial charge in [0.2, 0.25) is 5.88 Å². The maximum atomic E-state index is 5.30. The molecular formula is C13H17N3OS. The van der Waals surface area contributed by atoms with Gasteiger partial charge < -0.3 is 14.3 Å². The zero-order valence-corrected chi connectivity index (χ0v) is 11.6. The minimum Gasteiger partial charge on any atom is -0.481 e. The van der Waals surface area contributed by atoms with Gasteiger partial charge in [0.1, 0.15) is 0 Å². The number of rotatable bonds is 4. The monoisotopic (exact) mass is 263 g/mol. The van der Waals surface area contributed by atoms with Gasteiger partial charge in [0.25, 0.3) is 0 Å². The lowest BCUT2D eigenvalue weighted by Crippen LogP contribution is -2.06. The number of aromatic amines is 1. The third-order valence-corrected chi connectivity index (χ3v) is 3.18. The van der Waals surface area contributed by atoms with Crippen molar-refractivity contribution in [2.45, 2.75) is 26.3 Å². The lowest BCUT2D eigenvalue weighted by atomic mass is 10.1. The molecule has 0 bridgehead atoms. The second kappa shape index (κ2) is 5.35. The smallest absolute Gasteiger partial charge is 0.212 e. The molecule has 2 aromatic heterocycles. The van der Waals surface area contributed by atoms with Crippen molar-refractivity contribution < 1.29 is 4.74 Å². The first-order valence-electron chi connectivity index (χ1n) is 5.89. The predicted octanol–water partition coefficient (Wildman–Crippen LogP) is 3.12. The Morgan fingerprint density at radius 2 is 2.22 bits per heavy atom. The first kappa shape index (κ1) is 12.8. The van der Waals surface area contributed by atoms with Crippen LogP contribution in [-0.2, 0) is 6.54 Å². The maximum absolute atomic E-state index is 5.30. The summed E-state index contributed by atoms with van der Waals surface area (Å²) in [6.45, 7) is 5.04. The van der Waals surface area contributed by atoms with Crippen molar-refractivity contribution in [2.75, 3.05) is 7.11 Å². The molecule has 2 rings (SSSR count). The van der Waals surface area contributed by atoms with Gasteiger partial charge in [0.15, 0.2) is 4.77 Å². The molecule has 96 valence electrons. The molecule has 0 amide bonds. The van der Waals surface area contributed by atoms with Crippen LogP contribution in [0.4, 0.5) is 0 Å². The van der Waals surface area contributed by atoms with Gasteiger partial charge in [-0.2, -0.15) is 0 Å². The van der Waals surface area contributed by atoms with Crippen molar-refractivity contribution in [3.63, 3.8) is 0 Å². The molecule has 0 spiro atoms. The van der Waals surface area contributed by atoms with E-state index in [4.69, 9.17) is 17.0 Å². The first-order chi connectivity index (χ1) is 8.61. The van der Waals surface area contributed by atoms with Gasteiger partial charge in [-0.3, -0.25) is 0 Å². The topological polar surface area (TPSA) is 42.8 Å². The van der Waals surface area contributed by atoms with E-state index in [1.807, 2.05) is 24.5 Å². The molecular weight excluding hydrogens is 246 g/mol. The van der Waals surface area contributed by atoms with Gasteiger partial charge >= 0.3 is 0 Å². The van der Waals surface area contributed by atoms with E-state index in [0.29, 0.717) is 11.8 Å². The fourth-order valence-electron chi connectivity index (χ4n) is 1.86. The van der Waals surface area contributed by atoms with Crippen LogP contribution in [0.1, 0.15) is 31.0 Å². The van der Waals surface area contributed by atoms with E-state index in [0.717, 1.165) is 16.9 Å². The summed E-state index contributed by atoms with van der Waals surface area (Å²) >= 11 is 5.30. The predicted molar refractivity (Wildman–Crippen MR) is 73.6 cm³/mol. The number of H-pyrrole nitrogens is 1. The lowest BCUT2D eigenvalue weighted by Gasteiger charge is -2.11. The summed E-state index contributed by atoms with van der Waals surface area (Å²) in [5.74, 6) is 1.06. The van der Waals surface area contributed by atoms with Gasteiger partial charge in [0, 0.05) is 24.2 Å². The summed E-state index contributed by atoms with van der Waals surface area (Å²) in [7, 11) is 1.61. The number of hydrogen-bond donors (Lipinski definition) is 1. The van der Waals surface area contributed by atoms with Gasteiger partial charge in [0.05, 0.1) is 13.7 Å². The Kier molecular flexibility index (Phi) is 3.81. The quantitative estimate of drug-likeness (QED) is 0.862. The summed E-state index contributed by atoms with van der Waals surface area (Å²) in [4.78, 5) is 7.30. The zero-order valence-electron chi connectivity index (χ0n) is 10.8. The Hall–Kier alpha value is -1.62. The molecule has 0 aliphatic rings. The van der Waals surface area contributed by atoms with Crippen LogP contribution in [0, 0.1) is 4.77 Å². The van der Waals surface area contributed by atoms with Gasteiger partial charge in [-0.15, -0.1) is 0 Å².